The number of aromatic nitrogens is 4. The lowest BCUT2D eigenvalue weighted by molar-refractivity contribution is -0.119. The molecule has 1 N–H and O–H groups in total. The number of anilines is 1. The molecule has 3 aromatic rings. The van der Waals surface area contributed by atoms with E-state index in [1.165, 1.54) is 36.3 Å². The highest BCUT2D eigenvalue weighted by atomic mass is 32.2. The summed E-state index contributed by atoms with van der Waals surface area (Å²) < 4.78 is 11.8. The number of carbonyl (C=O) groups is 1. The van der Waals surface area contributed by atoms with E-state index < -0.39 is 0 Å². The van der Waals surface area contributed by atoms with E-state index in [1.807, 2.05) is 0 Å². The van der Waals surface area contributed by atoms with Gasteiger partial charge in [0.1, 0.15) is 12.4 Å². The van der Waals surface area contributed by atoms with E-state index in [-0.39, 0.29) is 18.1 Å². The van der Waals surface area contributed by atoms with E-state index >= 15 is 0 Å². The van der Waals surface area contributed by atoms with Crippen molar-refractivity contribution in [2.24, 2.45) is 0 Å². The summed E-state index contributed by atoms with van der Waals surface area (Å²) in [5, 5.41) is 10.8. The SMILES string of the molecule is COCC(=O)Nc1nnc(SCc2cc(=O)n3oc(C)cc3n2)s1. The third-order valence-corrected chi connectivity index (χ3v) is 4.80. The van der Waals surface area contributed by atoms with Gasteiger partial charge in [-0.15, -0.1) is 14.8 Å². The first kappa shape index (κ1) is 16.6. The minimum Gasteiger partial charge on any atom is -0.375 e. The van der Waals surface area contributed by atoms with Crippen LogP contribution in [0.1, 0.15) is 11.5 Å². The second kappa shape index (κ2) is 7.11. The molecule has 11 heteroatoms. The maximum absolute atomic E-state index is 11.9. The molecule has 0 atom stereocenters. The zero-order valence-corrected chi connectivity index (χ0v) is 14.4. The Morgan fingerprint density at radius 1 is 1.46 bits per heavy atom. The van der Waals surface area contributed by atoms with Gasteiger partial charge >= 0.3 is 0 Å². The van der Waals surface area contributed by atoms with Gasteiger partial charge in [0, 0.05) is 25.0 Å². The molecule has 3 rings (SSSR count). The second-order valence-corrected chi connectivity index (χ2v) is 6.93. The third-order valence-electron chi connectivity index (χ3n) is 2.80. The Labute approximate surface area is 144 Å². The average Bonchev–Trinajstić information content (AvgIpc) is 3.11. The van der Waals surface area contributed by atoms with E-state index in [2.05, 4.69) is 20.5 Å². The Kier molecular flexibility index (Phi) is 4.92. The summed E-state index contributed by atoms with van der Waals surface area (Å²) in [6.07, 6.45) is 0. The van der Waals surface area contributed by atoms with E-state index in [0.717, 1.165) is 4.57 Å². The van der Waals surface area contributed by atoms with Crippen LogP contribution in [0.15, 0.2) is 25.8 Å². The van der Waals surface area contributed by atoms with Gasteiger partial charge in [0.2, 0.25) is 5.13 Å². The largest absolute Gasteiger partial charge is 0.375 e. The number of carbonyl (C=O) groups excluding carboxylic acids is 1. The van der Waals surface area contributed by atoms with E-state index in [0.29, 0.717) is 32.3 Å². The minimum atomic E-state index is -0.291. The molecule has 0 aliphatic rings. The molecule has 0 saturated carbocycles. The van der Waals surface area contributed by atoms with Crippen molar-refractivity contribution in [1.29, 1.82) is 0 Å². The van der Waals surface area contributed by atoms with Gasteiger partial charge < -0.3 is 9.26 Å². The first-order valence-corrected chi connectivity index (χ1v) is 8.60. The van der Waals surface area contributed by atoms with Crippen molar-refractivity contribution in [2.75, 3.05) is 19.0 Å². The summed E-state index contributed by atoms with van der Waals surface area (Å²) in [4.78, 5) is 27.7. The molecule has 0 spiro atoms. The molecule has 1 amide bonds. The highest BCUT2D eigenvalue weighted by molar-refractivity contribution is 8.00. The molecule has 0 saturated heterocycles. The van der Waals surface area contributed by atoms with Crippen LogP contribution in [0.4, 0.5) is 5.13 Å². The van der Waals surface area contributed by atoms with Crippen molar-refractivity contribution < 1.29 is 14.1 Å². The number of hydrogen-bond acceptors (Lipinski definition) is 9. The topological polar surface area (TPSA) is 112 Å². The third kappa shape index (κ3) is 3.80. The number of rotatable bonds is 6. The van der Waals surface area contributed by atoms with E-state index in [1.54, 1.807) is 13.0 Å². The van der Waals surface area contributed by atoms with Crippen molar-refractivity contribution in [1.82, 2.24) is 19.8 Å². The summed E-state index contributed by atoms with van der Waals surface area (Å²) in [5.74, 6) is 0.780. The molecule has 0 aliphatic heterocycles. The lowest BCUT2D eigenvalue weighted by Crippen LogP contribution is -2.16. The smallest absolute Gasteiger partial charge is 0.287 e. The Morgan fingerprint density at radius 3 is 3.08 bits per heavy atom. The van der Waals surface area contributed by atoms with Crippen LogP contribution in [-0.2, 0) is 15.3 Å². The van der Waals surface area contributed by atoms with Gasteiger partial charge in [-0.1, -0.05) is 23.1 Å². The van der Waals surface area contributed by atoms with Crippen LogP contribution in [0.25, 0.3) is 5.65 Å². The first-order valence-electron chi connectivity index (χ1n) is 6.80. The number of hydrogen-bond donors (Lipinski definition) is 1. The van der Waals surface area contributed by atoms with Gasteiger partial charge in [-0.05, 0) is 6.92 Å². The highest BCUT2D eigenvalue weighted by Gasteiger charge is 2.11. The number of ether oxygens (including phenoxy) is 1. The van der Waals surface area contributed by atoms with Crippen LogP contribution >= 0.6 is 23.1 Å². The Hall–Kier alpha value is -2.24. The van der Waals surface area contributed by atoms with Gasteiger partial charge in [0.05, 0.1) is 5.69 Å². The monoisotopic (exact) mass is 367 g/mol. The number of fused-ring (bicyclic) bond motifs is 1. The van der Waals surface area contributed by atoms with Crippen LogP contribution in [0.2, 0.25) is 0 Å². The zero-order chi connectivity index (χ0) is 17.1. The normalized spacial score (nSPS) is 11.1. The van der Waals surface area contributed by atoms with Crippen LogP contribution in [-0.4, -0.2) is 39.4 Å². The summed E-state index contributed by atoms with van der Waals surface area (Å²) in [6.45, 7) is 1.71. The molecule has 0 fully saturated rings. The van der Waals surface area contributed by atoms with Crippen molar-refractivity contribution >= 4 is 39.8 Å². The van der Waals surface area contributed by atoms with Crippen LogP contribution < -0.4 is 10.9 Å². The summed E-state index contributed by atoms with van der Waals surface area (Å²) in [5.41, 5.74) is 0.819. The lowest BCUT2D eigenvalue weighted by atomic mass is 10.4. The molecule has 0 radical (unpaired) electrons. The van der Waals surface area contributed by atoms with Gasteiger partial charge in [-0.2, -0.15) is 0 Å². The summed E-state index contributed by atoms with van der Waals surface area (Å²) >= 11 is 2.62. The van der Waals surface area contributed by atoms with Crippen LogP contribution in [0.3, 0.4) is 0 Å². The predicted octanol–water partition coefficient (Wildman–Crippen LogP) is 1.32. The van der Waals surface area contributed by atoms with Gasteiger partial charge in [0.15, 0.2) is 9.99 Å². The molecular formula is C13H13N5O4S2. The van der Waals surface area contributed by atoms with Crippen molar-refractivity contribution in [3.63, 3.8) is 0 Å². The quantitative estimate of drug-likeness (QED) is 0.513. The van der Waals surface area contributed by atoms with Gasteiger partial charge in [-0.3, -0.25) is 14.9 Å². The molecule has 0 aromatic carbocycles. The van der Waals surface area contributed by atoms with E-state index in [4.69, 9.17) is 9.26 Å². The van der Waals surface area contributed by atoms with Crippen molar-refractivity contribution in [3.05, 3.63) is 33.9 Å². The first-order chi connectivity index (χ1) is 11.5. The van der Waals surface area contributed by atoms with Gasteiger partial charge in [-0.25, -0.2) is 4.98 Å². The lowest BCUT2D eigenvalue weighted by Gasteiger charge is -1.98. The molecule has 126 valence electrons. The molecule has 3 heterocycles. The van der Waals surface area contributed by atoms with Crippen LogP contribution in [0, 0.1) is 6.92 Å². The fourth-order valence-corrected chi connectivity index (χ4v) is 3.55. The second-order valence-electron chi connectivity index (χ2n) is 4.73. The minimum absolute atomic E-state index is 0.0416. The van der Waals surface area contributed by atoms with E-state index in [9.17, 15) is 9.59 Å². The number of amides is 1. The fraction of sp³-hybridized carbons (Fsp3) is 0.308. The molecule has 3 aromatic heterocycles. The fourth-order valence-electron chi connectivity index (χ4n) is 1.89. The molecule has 0 aliphatic carbocycles. The maximum Gasteiger partial charge on any atom is 0.287 e. The molecule has 24 heavy (non-hydrogen) atoms. The number of nitrogens with zero attached hydrogens (tertiary/aromatic N) is 4. The number of thioether (sulfide) groups is 1. The Balaban J connectivity index is 1.67. The number of aryl methyl sites for hydroxylation is 1. The Bertz CT molecular complexity index is 932. The standard InChI is InChI=1S/C13H13N5O4S2/c1-7-3-9-14-8(4-11(20)18(9)22-7)6-23-13-17-16-12(24-13)15-10(19)5-21-2/h3-4H,5-6H2,1-2H3,(H,15,16,19). The molecule has 0 bridgehead atoms. The average molecular weight is 367 g/mol. The van der Waals surface area contributed by atoms with Gasteiger partial charge in [0.25, 0.3) is 11.5 Å². The van der Waals surface area contributed by atoms with Crippen molar-refractivity contribution in [3.8, 4) is 0 Å². The highest BCUT2D eigenvalue weighted by Crippen LogP contribution is 2.27. The maximum atomic E-state index is 11.9. The van der Waals surface area contributed by atoms with Crippen LogP contribution in [0.5, 0.6) is 0 Å². The zero-order valence-electron chi connectivity index (χ0n) is 12.8. The molecule has 0 unspecified atom stereocenters. The summed E-state index contributed by atoms with van der Waals surface area (Å²) in [7, 11) is 1.44. The van der Waals surface area contributed by atoms with Crippen molar-refractivity contribution in [2.45, 2.75) is 17.0 Å². The Morgan fingerprint density at radius 2 is 2.29 bits per heavy atom. The predicted molar refractivity (Wildman–Crippen MR) is 88.4 cm³/mol. The number of nitrogens with one attached hydrogen (secondary N) is 1. The number of methoxy groups -OCH3 is 1. The molecule has 9 nitrogen and oxygen atoms in total. The summed E-state index contributed by atoms with van der Waals surface area (Å²) in [6, 6.07) is 3.12. The molecular weight excluding hydrogens is 354 g/mol.